The molecule has 5 heteroatoms. The molecule has 0 fully saturated rings. The fourth-order valence-electron chi connectivity index (χ4n) is 1.20. The zero-order valence-electron chi connectivity index (χ0n) is 9.10. The average Bonchev–Trinajstić information content (AvgIpc) is 2.34. The van der Waals surface area contributed by atoms with Gasteiger partial charge in [0.2, 0.25) is 5.91 Å². The summed E-state index contributed by atoms with van der Waals surface area (Å²) in [6, 6.07) is 5.70. The Kier molecular flexibility index (Phi) is 4.96. The van der Waals surface area contributed by atoms with E-state index in [-0.39, 0.29) is 25.0 Å². The number of aromatic nitrogens is 1. The monoisotopic (exact) mass is 218 g/mol. The van der Waals surface area contributed by atoms with Crippen molar-refractivity contribution < 1.29 is 4.79 Å². The Morgan fingerprint density at radius 2 is 2.50 bits per heavy atom. The van der Waals surface area contributed by atoms with Crippen molar-refractivity contribution in [2.24, 2.45) is 0 Å². The van der Waals surface area contributed by atoms with Crippen LogP contribution in [0.3, 0.4) is 0 Å². The predicted molar refractivity (Wildman–Crippen MR) is 59.3 cm³/mol. The topological polar surface area (TPSA) is 77.8 Å². The first-order chi connectivity index (χ1) is 7.74. The van der Waals surface area contributed by atoms with E-state index in [0.29, 0.717) is 0 Å². The summed E-state index contributed by atoms with van der Waals surface area (Å²) in [6.07, 6.45) is 3.46. The zero-order valence-corrected chi connectivity index (χ0v) is 9.10. The predicted octanol–water partition coefficient (Wildman–Crippen LogP) is 0.372. The molecule has 0 aliphatic carbocycles. The highest BCUT2D eigenvalue weighted by Crippen LogP contribution is 2.08. The molecule has 2 N–H and O–H groups in total. The fraction of sp³-hybridized carbons (Fsp3) is 0.364. The first-order valence-electron chi connectivity index (χ1n) is 5.01. The third kappa shape index (κ3) is 4.07. The van der Waals surface area contributed by atoms with E-state index >= 15 is 0 Å². The molecule has 1 aromatic heterocycles. The minimum Gasteiger partial charge on any atom is -0.342 e. The number of amides is 1. The number of carbonyl (C=O) groups excluding carboxylic acids is 1. The number of rotatable bonds is 5. The van der Waals surface area contributed by atoms with Crippen LogP contribution in [0.5, 0.6) is 0 Å². The van der Waals surface area contributed by atoms with Gasteiger partial charge in [-0.05, 0) is 18.6 Å². The minimum atomic E-state index is -0.183. The van der Waals surface area contributed by atoms with Crippen molar-refractivity contribution in [3.63, 3.8) is 0 Å². The molecule has 0 saturated carbocycles. The molecule has 1 heterocycles. The highest BCUT2D eigenvalue weighted by Gasteiger charge is 2.06. The molecule has 16 heavy (non-hydrogen) atoms. The van der Waals surface area contributed by atoms with E-state index in [9.17, 15) is 4.79 Å². The first-order valence-corrected chi connectivity index (χ1v) is 5.01. The van der Waals surface area contributed by atoms with Gasteiger partial charge in [-0.1, -0.05) is 6.07 Å². The van der Waals surface area contributed by atoms with Crippen molar-refractivity contribution in [1.82, 2.24) is 15.6 Å². The van der Waals surface area contributed by atoms with Crippen LogP contribution in [0.2, 0.25) is 0 Å². The van der Waals surface area contributed by atoms with Crippen LogP contribution in [0.15, 0.2) is 24.5 Å². The summed E-state index contributed by atoms with van der Waals surface area (Å²) in [5.41, 5.74) is 1.02. The highest BCUT2D eigenvalue weighted by molar-refractivity contribution is 5.78. The molecule has 0 bridgehead atoms. The lowest BCUT2D eigenvalue weighted by Crippen LogP contribution is -2.35. The van der Waals surface area contributed by atoms with Gasteiger partial charge in [0.1, 0.15) is 6.54 Å². The maximum Gasteiger partial charge on any atom is 0.234 e. The lowest BCUT2D eigenvalue weighted by atomic mass is 10.1. The summed E-state index contributed by atoms with van der Waals surface area (Å²) in [6.45, 7) is 2.19. The van der Waals surface area contributed by atoms with Gasteiger partial charge < -0.3 is 10.6 Å². The Balaban J connectivity index is 2.33. The Morgan fingerprint density at radius 3 is 3.12 bits per heavy atom. The smallest absolute Gasteiger partial charge is 0.234 e. The molecule has 1 atom stereocenters. The van der Waals surface area contributed by atoms with E-state index in [0.717, 1.165) is 5.56 Å². The average molecular weight is 218 g/mol. The third-order valence-corrected chi connectivity index (χ3v) is 2.12. The Morgan fingerprint density at radius 1 is 1.69 bits per heavy atom. The summed E-state index contributed by atoms with van der Waals surface area (Å²) in [5.74, 6) is -0.183. The molecular formula is C11H14N4O. The van der Waals surface area contributed by atoms with Gasteiger partial charge in [0.25, 0.3) is 0 Å². The number of pyridine rings is 1. The van der Waals surface area contributed by atoms with Gasteiger partial charge in [-0.15, -0.1) is 0 Å². The summed E-state index contributed by atoms with van der Waals surface area (Å²) >= 11 is 0. The van der Waals surface area contributed by atoms with Crippen LogP contribution in [0.4, 0.5) is 0 Å². The molecule has 84 valence electrons. The van der Waals surface area contributed by atoms with E-state index in [4.69, 9.17) is 5.26 Å². The second kappa shape index (κ2) is 6.53. The van der Waals surface area contributed by atoms with E-state index in [2.05, 4.69) is 15.6 Å². The molecule has 0 spiro atoms. The maximum absolute atomic E-state index is 11.2. The Labute approximate surface area is 94.5 Å². The highest BCUT2D eigenvalue weighted by atomic mass is 16.1. The van der Waals surface area contributed by atoms with Gasteiger partial charge in [0.05, 0.1) is 12.6 Å². The number of nitrogens with zero attached hydrogens (tertiary/aromatic N) is 2. The third-order valence-electron chi connectivity index (χ3n) is 2.12. The summed E-state index contributed by atoms with van der Waals surface area (Å²) < 4.78 is 0. The molecule has 1 rings (SSSR count). The Bertz CT molecular complexity index is 371. The van der Waals surface area contributed by atoms with Gasteiger partial charge in [-0.3, -0.25) is 9.78 Å². The van der Waals surface area contributed by atoms with E-state index in [1.54, 1.807) is 12.4 Å². The van der Waals surface area contributed by atoms with Crippen LogP contribution in [0, 0.1) is 11.3 Å². The molecular weight excluding hydrogens is 204 g/mol. The normalized spacial score (nSPS) is 11.5. The van der Waals surface area contributed by atoms with Crippen LogP contribution in [-0.4, -0.2) is 24.0 Å². The fourth-order valence-corrected chi connectivity index (χ4v) is 1.20. The van der Waals surface area contributed by atoms with E-state index < -0.39 is 0 Å². The molecule has 1 aromatic rings. The first kappa shape index (κ1) is 12.1. The number of carbonyl (C=O) groups is 1. The van der Waals surface area contributed by atoms with Crippen molar-refractivity contribution >= 4 is 5.91 Å². The second-order valence-electron chi connectivity index (χ2n) is 3.32. The van der Waals surface area contributed by atoms with Crippen molar-refractivity contribution in [1.29, 1.82) is 5.26 Å². The van der Waals surface area contributed by atoms with Crippen LogP contribution in [0.25, 0.3) is 0 Å². The minimum absolute atomic E-state index is 0.0434. The van der Waals surface area contributed by atoms with Crippen LogP contribution in [0.1, 0.15) is 18.5 Å². The molecule has 0 aliphatic rings. The lowest BCUT2D eigenvalue weighted by Gasteiger charge is -2.12. The largest absolute Gasteiger partial charge is 0.342 e. The van der Waals surface area contributed by atoms with Crippen molar-refractivity contribution in [3.8, 4) is 6.07 Å². The van der Waals surface area contributed by atoms with E-state index in [1.165, 1.54) is 0 Å². The molecule has 0 aliphatic heterocycles. The van der Waals surface area contributed by atoms with Crippen molar-refractivity contribution in [2.75, 3.05) is 13.1 Å². The molecule has 0 unspecified atom stereocenters. The second-order valence-corrected chi connectivity index (χ2v) is 3.32. The van der Waals surface area contributed by atoms with Crippen LogP contribution >= 0.6 is 0 Å². The molecule has 1 amide bonds. The number of hydrogen-bond acceptors (Lipinski definition) is 4. The lowest BCUT2D eigenvalue weighted by molar-refractivity contribution is -0.120. The van der Waals surface area contributed by atoms with Crippen molar-refractivity contribution in [3.05, 3.63) is 30.1 Å². The van der Waals surface area contributed by atoms with Crippen LogP contribution in [-0.2, 0) is 4.79 Å². The number of nitriles is 1. The summed E-state index contributed by atoms with van der Waals surface area (Å²) in [5, 5.41) is 13.8. The Hall–Kier alpha value is -1.93. The molecule has 0 saturated heterocycles. The molecule has 5 nitrogen and oxygen atoms in total. The number of hydrogen-bond donors (Lipinski definition) is 2. The van der Waals surface area contributed by atoms with Gasteiger partial charge >= 0.3 is 0 Å². The molecule has 0 radical (unpaired) electrons. The number of nitrogens with one attached hydrogen (secondary N) is 2. The van der Waals surface area contributed by atoms with Crippen molar-refractivity contribution in [2.45, 2.75) is 13.0 Å². The van der Waals surface area contributed by atoms with Gasteiger partial charge in [-0.25, -0.2) is 0 Å². The standard InChI is InChI=1S/C11H14N4O/c1-9(10-3-2-5-13-7-10)15-8-11(16)14-6-4-12/h2-3,5,7,9,15H,6,8H2,1H3,(H,14,16)/t9-/m1/s1. The van der Waals surface area contributed by atoms with E-state index in [1.807, 2.05) is 25.1 Å². The van der Waals surface area contributed by atoms with Gasteiger partial charge in [-0.2, -0.15) is 5.26 Å². The quantitative estimate of drug-likeness (QED) is 0.700. The SMILES string of the molecule is C[C@@H](NCC(=O)NCC#N)c1cccnc1. The van der Waals surface area contributed by atoms with Gasteiger partial charge in [0, 0.05) is 18.4 Å². The van der Waals surface area contributed by atoms with Crippen LogP contribution < -0.4 is 10.6 Å². The van der Waals surface area contributed by atoms with Gasteiger partial charge in [0.15, 0.2) is 0 Å². The summed E-state index contributed by atoms with van der Waals surface area (Å²) in [4.78, 5) is 15.2. The maximum atomic E-state index is 11.2. The summed E-state index contributed by atoms with van der Waals surface area (Å²) in [7, 11) is 0. The zero-order chi connectivity index (χ0) is 11.8. The molecule has 0 aromatic carbocycles.